The molecule has 1 aromatic carbocycles. The number of aliphatic hydroxyl groups excluding tert-OH is 1. The summed E-state index contributed by atoms with van der Waals surface area (Å²) >= 11 is 5.99. The van der Waals surface area contributed by atoms with E-state index in [1.165, 1.54) is 0 Å². The van der Waals surface area contributed by atoms with Gasteiger partial charge in [-0.15, -0.1) is 0 Å². The molecule has 0 aliphatic carbocycles. The predicted molar refractivity (Wildman–Crippen MR) is 92.5 cm³/mol. The molecule has 0 aliphatic heterocycles. The molecule has 23 heavy (non-hydrogen) atoms. The van der Waals surface area contributed by atoms with Gasteiger partial charge in [0.25, 0.3) is 0 Å². The second-order valence-corrected chi connectivity index (χ2v) is 7.20. The Morgan fingerprint density at radius 2 is 1.87 bits per heavy atom. The highest BCUT2D eigenvalue weighted by Crippen LogP contribution is 2.25. The van der Waals surface area contributed by atoms with Crippen LogP contribution in [0.1, 0.15) is 33.3 Å². The van der Waals surface area contributed by atoms with Crippen molar-refractivity contribution in [3.63, 3.8) is 0 Å². The molecule has 0 saturated heterocycles. The van der Waals surface area contributed by atoms with Crippen molar-refractivity contribution in [2.45, 2.75) is 40.7 Å². The summed E-state index contributed by atoms with van der Waals surface area (Å²) in [4.78, 5) is 23.9. The Kier molecular flexibility index (Phi) is 6.59. The molecule has 0 fully saturated rings. The van der Waals surface area contributed by atoms with Gasteiger partial charge in [-0.2, -0.15) is 0 Å². The molecule has 0 saturated carbocycles. The molecular formula is C17H25ClN2O3. The number of benzene rings is 1. The number of carbonyl (C=O) groups excluding carboxylic acids is 2. The summed E-state index contributed by atoms with van der Waals surface area (Å²) in [5.41, 5.74) is 0.782. The SMILES string of the molecule is Cc1ccc(Cl)c(NC(=O)C(=O)NCC(C)(C)C(O)C(C)C)c1. The fraction of sp³-hybridized carbons (Fsp3) is 0.529. The lowest BCUT2D eigenvalue weighted by Gasteiger charge is -2.33. The molecule has 0 bridgehead atoms. The second kappa shape index (κ2) is 7.79. The lowest BCUT2D eigenvalue weighted by atomic mass is 9.81. The molecule has 1 atom stereocenters. The van der Waals surface area contributed by atoms with Crippen LogP contribution in [0.3, 0.4) is 0 Å². The Morgan fingerprint density at radius 3 is 2.43 bits per heavy atom. The molecule has 0 radical (unpaired) electrons. The summed E-state index contributed by atoms with van der Waals surface area (Å²) in [6.07, 6.45) is -0.586. The minimum absolute atomic E-state index is 0.0572. The molecular weight excluding hydrogens is 316 g/mol. The number of hydrogen-bond acceptors (Lipinski definition) is 3. The number of anilines is 1. The van der Waals surface area contributed by atoms with E-state index < -0.39 is 23.3 Å². The van der Waals surface area contributed by atoms with E-state index in [1.807, 2.05) is 40.7 Å². The molecule has 0 aromatic heterocycles. The fourth-order valence-electron chi connectivity index (χ4n) is 2.31. The molecule has 6 heteroatoms. The van der Waals surface area contributed by atoms with Gasteiger partial charge in [-0.1, -0.05) is 45.4 Å². The normalized spacial score (nSPS) is 12.9. The van der Waals surface area contributed by atoms with Crippen molar-refractivity contribution in [3.05, 3.63) is 28.8 Å². The van der Waals surface area contributed by atoms with Crippen LogP contribution in [0, 0.1) is 18.3 Å². The molecule has 1 rings (SSSR count). The number of hydrogen-bond donors (Lipinski definition) is 3. The lowest BCUT2D eigenvalue weighted by molar-refractivity contribution is -0.136. The first kappa shape index (κ1) is 19.5. The molecule has 2 amide bonds. The summed E-state index contributed by atoms with van der Waals surface area (Å²) in [7, 11) is 0. The molecule has 3 N–H and O–H groups in total. The first-order valence-electron chi connectivity index (χ1n) is 7.58. The lowest BCUT2D eigenvalue weighted by Crippen LogP contribution is -2.46. The van der Waals surface area contributed by atoms with Gasteiger partial charge in [0.2, 0.25) is 0 Å². The summed E-state index contributed by atoms with van der Waals surface area (Å²) in [6.45, 7) is 9.55. The highest BCUT2D eigenvalue weighted by molar-refractivity contribution is 6.41. The molecule has 1 aromatic rings. The zero-order chi connectivity index (χ0) is 17.8. The molecule has 0 aliphatic rings. The van der Waals surface area contributed by atoms with Crippen molar-refractivity contribution in [2.24, 2.45) is 11.3 Å². The molecule has 0 spiro atoms. The van der Waals surface area contributed by atoms with Gasteiger partial charge in [-0.3, -0.25) is 9.59 Å². The van der Waals surface area contributed by atoms with Crippen molar-refractivity contribution < 1.29 is 14.7 Å². The minimum Gasteiger partial charge on any atom is -0.392 e. The quantitative estimate of drug-likeness (QED) is 0.721. The Hall–Kier alpha value is -1.59. The topological polar surface area (TPSA) is 78.4 Å². The number of nitrogens with one attached hydrogen (secondary N) is 2. The van der Waals surface area contributed by atoms with Gasteiger partial charge < -0.3 is 15.7 Å². The van der Waals surface area contributed by atoms with Gasteiger partial charge in [0.15, 0.2) is 0 Å². The van der Waals surface area contributed by atoms with Crippen molar-refractivity contribution in [2.75, 3.05) is 11.9 Å². The Balaban J connectivity index is 2.64. The third kappa shape index (κ3) is 5.52. The minimum atomic E-state index is -0.785. The van der Waals surface area contributed by atoms with Gasteiger partial charge in [-0.05, 0) is 30.5 Å². The highest BCUT2D eigenvalue weighted by atomic mass is 35.5. The number of rotatable bonds is 5. The smallest absolute Gasteiger partial charge is 0.313 e. The number of carbonyl (C=O) groups is 2. The summed E-state index contributed by atoms with van der Waals surface area (Å²) in [5.74, 6) is -1.49. The number of aryl methyl sites for hydroxylation is 1. The van der Waals surface area contributed by atoms with Gasteiger partial charge in [0.1, 0.15) is 0 Å². The molecule has 1 unspecified atom stereocenters. The summed E-state index contributed by atoms with van der Waals surface area (Å²) in [6, 6.07) is 5.17. The van der Waals surface area contributed by atoms with Crippen molar-refractivity contribution in [1.82, 2.24) is 5.32 Å². The first-order chi connectivity index (χ1) is 10.5. The maximum Gasteiger partial charge on any atom is 0.313 e. The van der Waals surface area contributed by atoms with Crippen LogP contribution in [-0.2, 0) is 9.59 Å². The average Bonchev–Trinajstić information content (AvgIpc) is 2.47. The molecule has 5 nitrogen and oxygen atoms in total. The highest BCUT2D eigenvalue weighted by Gasteiger charge is 2.31. The maximum atomic E-state index is 12.0. The van der Waals surface area contributed by atoms with Gasteiger partial charge in [0.05, 0.1) is 16.8 Å². The third-order valence-electron chi connectivity index (χ3n) is 3.71. The van der Waals surface area contributed by atoms with Gasteiger partial charge in [-0.25, -0.2) is 0 Å². The number of amides is 2. The second-order valence-electron chi connectivity index (χ2n) is 6.80. The van der Waals surface area contributed by atoms with Gasteiger partial charge >= 0.3 is 11.8 Å². The summed E-state index contributed by atoms with van der Waals surface area (Å²) < 4.78 is 0. The monoisotopic (exact) mass is 340 g/mol. The van der Waals surface area contributed by atoms with Crippen LogP contribution in [0.25, 0.3) is 0 Å². The Labute approximate surface area is 142 Å². The average molecular weight is 341 g/mol. The predicted octanol–water partition coefficient (Wildman–Crippen LogP) is 2.75. The van der Waals surface area contributed by atoms with E-state index in [0.717, 1.165) is 5.56 Å². The maximum absolute atomic E-state index is 12.0. The van der Waals surface area contributed by atoms with Crippen LogP contribution in [0.4, 0.5) is 5.69 Å². The van der Waals surface area contributed by atoms with E-state index in [-0.39, 0.29) is 12.5 Å². The van der Waals surface area contributed by atoms with Crippen LogP contribution in [-0.4, -0.2) is 29.6 Å². The third-order valence-corrected chi connectivity index (χ3v) is 4.04. The van der Waals surface area contributed by atoms with E-state index in [0.29, 0.717) is 10.7 Å². The van der Waals surface area contributed by atoms with Crippen LogP contribution in [0.2, 0.25) is 5.02 Å². The number of halogens is 1. The van der Waals surface area contributed by atoms with Gasteiger partial charge in [0, 0.05) is 12.0 Å². The Bertz CT molecular complexity index is 585. The van der Waals surface area contributed by atoms with Crippen LogP contribution in [0.15, 0.2) is 18.2 Å². The standard InChI is InChI=1S/C17H25ClN2O3/c1-10(2)14(21)17(4,5)9-19-15(22)16(23)20-13-8-11(3)6-7-12(13)18/h6-8,10,14,21H,9H2,1-5H3,(H,19,22)(H,20,23). The first-order valence-corrected chi connectivity index (χ1v) is 7.96. The Morgan fingerprint density at radius 1 is 1.26 bits per heavy atom. The van der Waals surface area contributed by atoms with E-state index in [2.05, 4.69) is 10.6 Å². The zero-order valence-corrected chi connectivity index (χ0v) is 15.0. The van der Waals surface area contributed by atoms with Crippen LogP contribution >= 0.6 is 11.6 Å². The van der Waals surface area contributed by atoms with E-state index in [1.54, 1.807) is 12.1 Å². The van der Waals surface area contributed by atoms with E-state index in [4.69, 9.17) is 11.6 Å². The molecule has 0 heterocycles. The van der Waals surface area contributed by atoms with Crippen molar-refractivity contribution >= 4 is 29.1 Å². The number of aliphatic hydroxyl groups is 1. The van der Waals surface area contributed by atoms with E-state index in [9.17, 15) is 14.7 Å². The fourth-order valence-corrected chi connectivity index (χ4v) is 2.47. The summed E-state index contributed by atoms with van der Waals surface area (Å²) in [5, 5.41) is 15.6. The van der Waals surface area contributed by atoms with E-state index >= 15 is 0 Å². The molecule has 128 valence electrons. The zero-order valence-electron chi connectivity index (χ0n) is 14.2. The van der Waals surface area contributed by atoms with Crippen LogP contribution in [0.5, 0.6) is 0 Å². The van der Waals surface area contributed by atoms with Crippen molar-refractivity contribution in [3.8, 4) is 0 Å². The van der Waals surface area contributed by atoms with Crippen molar-refractivity contribution in [1.29, 1.82) is 0 Å². The van der Waals surface area contributed by atoms with Crippen LogP contribution < -0.4 is 10.6 Å². The largest absolute Gasteiger partial charge is 0.392 e.